The van der Waals surface area contributed by atoms with Crippen LogP contribution in [0.2, 0.25) is 0 Å². The van der Waals surface area contributed by atoms with Crippen LogP contribution in [0, 0.1) is 11.3 Å². The molecule has 5 heteroatoms. The number of carbonyl (C=O) groups excluding carboxylic acids is 2. The Balaban J connectivity index is 2.30. The summed E-state index contributed by atoms with van der Waals surface area (Å²) >= 11 is 0. The lowest BCUT2D eigenvalue weighted by atomic mass is 10.1. The summed E-state index contributed by atoms with van der Waals surface area (Å²) in [6.45, 7) is 0.483. The van der Waals surface area contributed by atoms with E-state index >= 15 is 0 Å². The molecule has 1 aliphatic rings. The van der Waals surface area contributed by atoms with Gasteiger partial charge in [0.05, 0.1) is 6.07 Å². The second-order valence-electron chi connectivity index (χ2n) is 3.88. The maximum Gasteiger partial charge on any atom is 0.254 e. The van der Waals surface area contributed by atoms with Gasteiger partial charge in [0.25, 0.3) is 5.91 Å². The third-order valence-electron chi connectivity index (χ3n) is 2.66. The van der Waals surface area contributed by atoms with Crippen LogP contribution in [0.3, 0.4) is 0 Å². The number of nitriles is 1. The van der Waals surface area contributed by atoms with Crippen LogP contribution >= 0.6 is 0 Å². The number of benzene rings is 1. The van der Waals surface area contributed by atoms with E-state index in [0.717, 1.165) is 5.56 Å². The number of hydrogen-bond acceptors (Lipinski definition) is 3. The van der Waals surface area contributed by atoms with E-state index in [0.29, 0.717) is 17.8 Å². The summed E-state index contributed by atoms with van der Waals surface area (Å²) in [5.74, 6) is -0.403. The minimum atomic E-state index is -0.358. The molecular formula is C12H11N3O2. The Hall–Kier alpha value is -2.35. The Kier molecular flexibility index (Phi) is 2.79. The third-order valence-corrected chi connectivity index (χ3v) is 2.66. The Bertz CT molecular complexity index is 531. The second kappa shape index (κ2) is 4.26. The fourth-order valence-electron chi connectivity index (χ4n) is 1.86. The molecule has 1 aromatic rings. The second-order valence-corrected chi connectivity index (χ2v) is 3.88. The number of rotatable bonds is 2. The van der Waals surface area contributed by atoms with E-state index in [-0.39, 0.29) is 18.2 Å². The molecule has 0 saturated heterocycles. The first kappa shape index (κ1) is 11.1. The van der Waals surface area contributed by atoms with Gasteiger partial charge in [-0.3, -0.25) is 9.59 Å². The van der Waals surface area contributed by atoms with E-state index in [1.165, 1.54) is 0 Å². The molecule has 0 unspecified atom stereocenters. The summed E-state index contributed by atoms with van der Waals surface area (Å²) in [5.41, 5.74) is 2.04. The summed E-state index contributed by atoms with van der Waals surface area (Å²) in [4.78, 5) is 24.7. The third kappa shape index (κ3) is 1.97. The Labute approximate surface area is 98.6 Å². The molecule has 0 aromatic heterocycles. The van der Waals surface area contributed by atoms with Gasteiger partial charge in [0.1, 0.15) is 6.42 Å². The zero-order valence-corrected chi connectivity index (χ0v) is 9.36. The monoisotopic (exact) mass is 229 g/mol. The van der Waals surface area contributed by atoms with Gasteiger partial charge in [-0.15, -0.1) is 0 Å². The zero-order chi connectivity index (χ0) is 12.4. The maximum atomic E-state index is 11.7. The van der Waals surface area contributed by atoms with Crippen molar-refractivity contribution in [3.05, 3.63) is 29.3 Å². The van der Waals surface area contributed by atoms with Gasteiger partial charge in [-0.1, -0.05) is 6.07 Å². The first-order valence-electron chi connectivity index (χ1n) is 5.17. The average molecular weight is 229 g/mol. The molecule has 1 heterocycles. The predicted molar refractivity (Wildman–Crippen MR) is 61.1 cm³/mol. The molecule has 2 rings (SSSR count). The summed E-state index contributed by atoms with van der Waals surface area (Å²) in [7, 11) is 1.71. The highest BCUT2D eigenvalue weighted by molar-refractivity contribution is 6.02. The summed E-state index contributed by atoms with van der Waals surface area (Å²) < 4.78 is 0. The first-order valence-corrected chi connectivity index (χ1v) is 5.17. The molecule has 2 amide bonds. The number of anilines is 1. The minimum absolute atomic E-state index is 0.0450. The van der Waals surface area contributed by atoms with Crippen LogP contribution in [0.4, 0.5) is 5.69 Å². The largest absolute Gasteiger partial charge is 0.337 e. The zero-order valence-electron chi connectivity index (χ0n) is 9.36. The average Bonchev–Trinajstić information content (AvgIpc) is 2.58. The normalized spacial score (nSPS) is 13.2. The van der Waals surface area contributed by atoms with Gasteiger partial charge in [0, 0.05) is 30.4 Å². The quantitative estimate of drug-likeness (QED) is 0.826. The lowest BCUT2D eigenvalue weighted by molar-refractivity contribution is -0.115. The van der Waals surface area contributed by atoms with Crippen molar-refractivity contribution in [2.75, 3.05) is 12.4 Å². The van der Waals surface area contributed by atoms with E-state index in [4.69, 9.17) is 5.26 Å². The van der Waals surface area contributed by atoms with Crippen molar-refractivity contribution in [3.63, 3.8) is 0 Å². The van der Waals surface area contributed by atoms with E-state index in [9.17, 15) is 9.59 Å². The van der Waals surface area contributed by atoms with Gasteiger partial charge in [0.15, 0.2) is 0 Å². The van der Waals surface area contributed by atoms with Crippen molar-refractivity contribution < 1.29 is 9.59 Å². The highest BCUT2D eigenvalue weighted by Gasteiger charge is 2.26. The van der Waals surface area contributed by atoms with E-state index in [2.05, 4.69) is 5.32 Å². The fourth-order valence-corrected chi connectivity index (χ4v) is 1.86. The van der Waals surface area contributed by atoms with Crippen LogP contribution < -0.4 is 5.32 Å². The van der Waals surface area contributed by atoms with Crippen molar-refractivity contribution in [3.8, 4) is 6.07 Å². The molecule has 0 spiro atoms. The molecule has 0 saturated carbocycles. The van der Waals surface area contributed by atoms with Crippen LogP contribution in [0.1, 0.15) is 22.3 Å². The van der Waals surface area contributed by atoms with Gasteiger partial charge in [-0.05, 0) is 12.1 Å². The summed E-state index contributed by atoms with van der Waals surface area (Å²) in [6, 6.07) is 6.98. The van der Waals surface area contributed by atoms with E-state index < -0.39 is 0 Å². The van der Waals surface area contributed by atoms with Crippen LogP contribution in [0.15, 0.2) is 18.2 Å². The number of amides is 2. The Morgan fingerprint density at radius 3 is 3.06 bits per heavy atom. The van der Waals surface area contributed by atoms with Crippen LogP contribution in [0.5, 0.6) is 0 Å². The molecule has 17 heavy (non-hydrogen) atoms. The number of nitrogens with one attached hydrogen (secondary N) is 1. The molecule has 0 radical (unpaired) electrons. The van der Waals surface area contributed by atoms with Crippen molar-refractivity contribution in [1.82, 2.24) is 4.90 Å². The van der Waals surface area contributed by atoms with Gasteiger partial charge in [-0.2, -0.15) is 5.26 Å². The SMILES string of the molecule is CN1Cc2c(NC(=O)CC#N)cccc2C1=O. The number of carbonyl (C=O) groups is 2. The number of nitrogens with zero attached hydrogens (tertiary/aromatic N) is 2. The Morgan fingerprint density at radius 2 is 2.35 bits per heavy atom. The Morgan fingerprint density at radius 1 is 1.59 bits per heavy atom. The topological polar surface area (TPSA) is 73.2 Å². The van der Waals surface area contributed by atoms with Gasteiger partial charge in [0.2, 0.25) is 5.91 Å². The maximum absolute atomic E-state index is 11.7. The predicted octanol–water partition coefficient (Wildman–Crippen LogP) is 1.12. The molecular weight excluding hydrogens is 218 g/mol. The lowest BCUT2D eigenvalue weighted by Gasteiger charge is -2.08. The molecule has 0 aliphatic carbocycles. The van der Waals surface area contributed by atoms with Gasteiger partial charge >= 0.3 is 0 Å². The van der Waals surface area contributed by atoms with Crippen molar-refractivity contribution in [2.24, 2.45) is 0 Å². The molecule has 1 aromatic carbocycles. The van der Waals surface area contributed by atoms with Crippen molar-refractivity contribution in [1.29, 1.82) is 5.26 Å². The van der Waals surface area contributed by atoms with E-state index in [1.54, 1.807) is 36.2 Å². The summed E-state index contributed by atoms with van der Waals surface area (Å²) in [5, 5.41) is 11.1. The minimum Gasteiger partial charge on any atom is -0.337 e. The van der Waals surface area contributed by atoms with Crippen LogP contribution in [-0.4, -0.2) is 23.8 Å². The lowest BCUT2D eigenvalue weighted by Crippen LogP contribution is -2.17. The molecule has 0 atom stereocenters. The highest BCUT2D eigenvalue weighted by atomic mass is 16.2. The summed E-state index contributed by atoms with van der Waals surface area (Å²) in [6.07, 6.45) is -0.187. The van der Waals surface area contributed by atoms with E-state index in [1.807, 2.05) is 0 Å². The molecule has 86 valence electrons. The standard InChI is InChI=1S/C12H11N3O2/c1-15-7-9-8(12(15)17)3-2-4-10(9)14-11(16)5-6-13/h2-4H,5,7H2,1H3,(H,14,16). The van der Waals surface area contributed by atoms with Crippen LogP contribution in [-0.2, 0) is 11.3 Å². The molecule has 1 N–H and O–H groups in total. The molecule has 0 fully saturated rings. The number of hydrogen-bond donors (Lipinski definition) is 1. The van der Waals surface area contributed by atoms with Crippen molar-refractivity contribution in [2.45, 2.75) is 13.0 Å². The molecule has 5 nitrogen and oxygen atoms in total. The smallest absolute Gasteiger partial charge is 0.254 e. The molecule has 1 aliphatic heterocycles. The van der Waals surface area contributed by atoms with Gasteiger partial charge < -0.3 is 10.2 Å². The first-order chi connectivity index (χ1) is 8.13. The van der Waals surface area contributed by atoms with Gasteiger partial charge in [-0.25, -0.2) is 0 Å². The molecule has 0 bridgehead atoms. The van der Waals surface area contributed by atoms with Crippen molar-refractivity contribution >= 4 is 17.5 Å². The number of fused-ring (bicyclic) bond motifs is 1. The van der Waals surface area contributed by atoms with Crippen LogP contribution in [0.25, 0.3) is 0 Å². The fraction of sp³-hybridized carbons (Fsp3) is 0.250. The highest BCUT2D eigenvalue weighted by Crippen LogP contribution is 2.28.